The van der Waals surface area contributed by atoms with Gasteiger partial charge in [0.1, 0.15) is 0 Å². The average Bonchev–Trinajstić information content (AvgIpc) is 1.85. The molecule has 2 N–H and O–H groups in total. The van der Waals surface area contributed by atoms with Crippen LogP contribution in [0.1, 0.15) is 33.1 Å². The van der Waals surface area contributed by atoms with E-state index in [0.717, 1.165) is 12.8 Å². The summed E-state index contributed by atoms with van der Waals surface area (Å²) in [6, 6.07) is 0. The van der Waals surface area contributed by atoms with E-state index in [9.17, 15) is 4.79 Å². The summed E-state index contributed by atoms with van der Waals surface area (Å²) >= 11 is 0. The van der Waals surface area contributed by atoms with E-state index < -0.39 is 0 Å². The first-order chi connectivity index (χ1) is 5.13. The van der Waals surface area contributed by atoms with Gasteiger partial charge in [-0.05, 0) is 18.8 Å². The van der Waals surface area contributed by atoms with Crippen LogP contribution in [0.4, 0.5) is 0 Å². The number of amides is 1. The van der Waals surface area contributed by atoms with Gasteiger partial charge in [0.2, 0.25) is 5.91 Å². The summed E-state index contributed by atoms with van der Waals surface area (Å²) in [7, 11) is 0. The number of carbonyl (C=O) groups is 1. The van der Waals surface area contributed by atoms with Crippen LogP contribution in [0.15, 0.2) is 12.2 Å². The Labute approximate surface area is 68.5 Å². The summed E-state index contributed by atoms with van der Waals surface area (Å²) < 4.78 is 0. The molecule has 11 heavy (non-hydrogen) atoms. The molecular weight excluding hydrogens is 138 g/mol. The average molecular weight is 155 g/mol. The summed E-state index contributed by atoms with van der Waals surface area (Å²) in [4.78, 5) is 10.3. The second kappa shape index (κ2) is 5.96. The zero-order chi connectivity index (χ0) is 8.69. The normalized spacial score (nSPS) is 11.2. The quantitative estimate of drug-likeness (QED) is 0.478. The zero-order valence-electron chi connectivity index (χ0n) is 7.34. The van der Waals surface area contributed by atoms with Gasteiger partial charge in [0.05, 0.1) is 0 Å². The molecule has 1 amide bonds. The van der Waals surface area contributed by atoms with Crippen molar-refractivity contribution in [1.82, 2.24) is 0 Å². The van der Waals surface area contributed by atoms with E-state index >= 15 is 0 Å². The minimum absolute atomic E-state index is 0.206. The molecule has 0 aromatic rings. The van der Waals surface area contributed by atoms with Crippen LogP contribution in [-0.2, 0) is 4.79 Å². The van der Waals surface area contributed by atoms with Gasteiger partial charge in [0, 0.05) is 6.42 Å². The lowest BCUT2D eigenvalue weighted by Crippen LogP contribution is -2.09. The van der Waals surface area contributed by atoms with E-state index in [1.54, 1.807) is 0 Å². The van der Waals surface area contributed by atoms with Gasteiger partial charge in [0.25, 0.3) is 0 Å². The number of primary amides is 1. The highest BCUT2D eigenvalue weighted by Gasteiger charge is 1.91. The molecule has 0 aromatic heterocycles. The fourth-order valence-corrected chi connectivity index (χ4v) is 0.763. The molecule has 0 saturated heterocycles. The summed E-state index contributed by atoms with van der Waals surface area (Å²) in [6.07, 6.45) is 6.58. The van der Waals surface area contributed by atoms with Gasteiger partial charge in [0.15, 0.2) is 0 Å². The Morgan fingerprint density at radius 3 is 2.64 bits per heavy atom. The number of carbonyl (C=O) groups excluding carboxylic acids is 1. The van der Waals surface area contributed by atoms with E-state index in [0.29, 0.717) is 12.3 Å². The molecule has 64 valence electrons. The number of hydrogen-bond donors (Lipinski definition) is 1. The molecule has 0 spiro atoms. The lowest BCUT2D eigenvalue weighted by molar-refractivity contribution is -0.118. The molecule has 0 aliphatic heterocycles. The molecule has 0 heterocycles. The third-order valence-electron chi connectivity index (χ3n) is 1.31. The number of hydrogen-bond acceptors (Lipinski definition) is 1. The van der Waals surface area contributed by atoms with Crippen molar-refractivity contribution >= 4 is 5.91 Å². The van der Waals surface area contributed by atoms with Gasteiger partial charge in [-0.2, -0.15) is 0 Å². The van der Waals surface area contributed by atoms with Crippen LogP contribution in [0.5, 0.6) is 0 Å². The molecule has 0 fully saturated rings. The SMILES string of the molecule is CC(C)C=CCCCC(N)=O. The second-order valence-electron chi connectivity index (χ2n) is 3.03. The molecule has 0 rings (SSSR count). The van der Waals surface area contributed by atoms with Crippen molar-refractivity contribution in [2.24, 2.45) is 11.7 Å². The number of allylic oxidation sites excluding steroid dienone is 2. The van der Waals surface area contributed by atoms with Crippen molar-refractivity contribution in [2.75, 3.05) is 0 Å². The molecule has 0 bridgehead atoms. The third kappa shape index (κ3) is 9.21. The standard InChI is InChI=1S/C9H17NO/c1-8(2)6-4-3-5-7-9(10)11/h4,6,8H,3,5,7H2,1-2H3,(H2,10,11). The van der Waals surface area contributed by atoms with Gasteiger partial charge >= 0.3 is 0 Å². The maximum Gasteiger partial charge on any atom is 0.217 e. The van der Waals surface area contributed by atoms with Crippen molar-refractivity contribution in [3.8, 4) is 0 Å². The highest BCUT2D eigenvalue weighted by atomic mass is 16.1. The van der Waals surface area contributed by atoms with Gasteiger partial charge in [-0.15, -0.1) is 0 Å². The molecule has 0 atom stereocenters. The molecule has 2 nitrogen and oxygen atoms in total. The van der Waals surface area contributed by atoms with Crippen LogP contribution in [0.2, 0.25) is 0 Å². The third-order valence-corrected chi connectivity index (χ3v) is 1.31. The predicted octanol–water partition coefficient (Wildman–Crippen LogP) is 1.85. The minimum Gasteiger partial charge on any atom is -0.370 e. The molecule has 0 aliphatic carbocycles. The Balaban J connectivity index is 3.20. The molecule has 0 aliphatic rings. The highest BCUT2D eigenvalue weighted by Crippen LogP contribution is 1.99. The van der Waals surface area contributed by atoms with Crippen LogP contribution in [0.25, 0.3) is 0 Å². The van der Waals surface area contributed by atoms with Crippen LogP contribution in [0, 0.1) is 5.92 Å². The highest BCUT2D eigenvalue weighted by molar-refractivity contribution is 5.73. The fourth-order valence-electron chi connectivity index (χ4n) is 0.763. The van der Waals surface area contributed by atoms with Crippen molar-refractivity contribution in [1.29, 1.82) is 0 Å². The largest absolute Gasteiger partial charge is 0.370 e. The summed E-state index contributed by atoms with van der Waals surface area (Å²) in [5, 5.41) is 0. The van der Waals surface area contributed by atoms with Crippen molar-refractivity contribution < 1.29 is 4.79 Å². The smallest absolute Gasteiger partial charge is 0.217 e. The fraction of sp³-hybridized carbons (Fsp3) is 0.667. The maximum absolute atomic E-state index is 10.3. The Morgan fingerprint density at radius 1 is 1.55 bits per heavy atom. The Bertz CT molecular complexity index is 138. The van der Waals surface area contributed by atoms with Crippen molar-refractivity contribution in [2.45, 2.75) is 33.1 Å². The molecule has 2 heteroatoms. The first-order valence-electron chi connectivity index (χ1n) is 4.08. The summed E-state index contributed by atoms with van der Waals surface area (Å²) in [5.41, 5.74) is 4.97. The molecular formula is C9H17NO. The van der Waals surface area contributed by atoms with Crippen molar-refractivity contribution in [3.63, 3.8) is 0 Å². The topological polar surface area (TPSA) is 43.1 Å². The van der Waals surface area contributed by atoms with E-state index in [1.807, 2.05) is 0 Å². The lowest BCUT2D eigenvalue weighted by Gasteiger charge is -1.93. The molecule has 0 unspecified atom stereocenters. The van der Waals surface area contributed by atoms with Gasteiger partial charge in [-0.3, -0.25) is 4.79 Å². The van der Waals surface area contributed by atoms with E-state index in [2.05, 4.69) is 26.0 Å². The number of nitrogens with two attached hydrogens (primary N) is 1. The molecule has 0 aromatic carbocycles. The maximum atomic E-state index is 10.3. The zero-order valence-corrected chi connectivity index (χ0v) is 7.34. The molecule has 0 saturated carbocycles. The monoisotopic (exact) mass is 155 g/mol. The van der Waals surface area contributed by atoms with Crippen molar-refractivity contribution in [3.05, 3.63) is 12.2 Å². The number of rotatable bonds is 5. The van der Waals surface area contributed by atoms with Crippen LogP contribution in [-0.4, -0.2) is 5.91 Å². The first-order valence-corrected chi connectivity index (χ1v) is 4.08. The Morgan fingerprint density at radius 2 is 2.18 bits per heavy atom. The van der Waals surface area contributed by atoms with Crippen LogP contribution in [0.3, 0.4) is 0 Å². The Kier molecular flexibility index (Phi) is 5.53. The van der Waals surface area contributed by atoms with E-state index in [4.69, 9.17) is 5.73 Å². The van der Waals surface area contributed by atoms with Gasteiger partial charge < -0.3 is 5.73 Å². The van der Waals surface area contributed by atoms with Crippen LogP contribution >= 0.6 is 0 Å². The minimum atomic E-state index is -0.206. The van der Waals surface area contributed by atoms with Crippen LogP contribution < -0.4 is 5.73 Å². The second-order valence-corrected chi connectivity index (χ2v) is 3.03. The number of unbranched alkanes of at least 4 members (excludes halogenated alkanes) is 1. The van der Waals surface area contributed by atoms with E-state index in [1.165, 1.54) is 0 Å². The first kappa shape index (κ1) is 10.2. The predicted molar refractivity (Wildman–Crippen MR) is 47.0 cm³/mol. The van der Waals surface area contributed by atoms with Gasteiger partial charge in [-0.25, -0.2) is 0 Å². The summed E-state index contributed by atoms with van der Waals surface area (Å²) in [6.45, 7) is 4.26. The lowest BCUT2D eigenvalue weighted by atomic mass is 10.1. The Hall–Kier alpha value is -0.790. The summed E-state index contributed by atoms with van der Waals surface area (Å²) in [5.74, 6) is 0.395. The van der Waals surface area contributed by atoms with E-state index in [-0.39, 0.29) is 5.91 Å². The van der Waals surface area contributed by atoms with Gasteiger partial charge in [-0.1, -0.05) is 26.0 Å². The molecule has 0 radical (unpaired) electrons.